The Morgan fingerprint density at radius 2 is 1.74 bits per heavy atom. The monoisotopic (exact) mass is 276 g/mol. The lowest BCUT2D eigenvalue weighted by Crippen LogP contribution is -2.15. The van der Waals surface area contributed by atoms with Crippen molar-refractivity contribution in [1.82, 2.24) is 15.0 Å². The zero-order chi connectivity index (χ0) is 13.8. The van der Waals surface area contributed by atoms with Gasteiger partial charge in [0.25, 0.3) is 0 Å². The van der Waals surface area contributed by atoms with E-state index in [0.717, 1.165) is 10.6 Å². The fraction of sp³-hybridized carbons (Fsp3) is 0.250. The van der Waals surface area contributed by atoms with Crippen molar-refractivity contribution in [2.75, 3.05) is 30.5 Å². The molecule has 2 rings (SSSR count). The summed E-state index contributed by atoms with van der Waals surface area (Å²) < 4.78 is 0. The Bertz CT molecular complexity index is 555. The fourth-order valence-corrected chi connectivity index (χ4v) is 2.15. The van der Waals surface area contributed by atoms with Crippen LogP contribution in [-0.2, 0) is 5.75 Å². The second-order valence-electron chi connectivity index (χ2n) is 4.16. The molecule has 4 N–H and O–H groups in total. The number of benzene rings is 1. The summed E-state index contributed by atoms with van der Waals surface area (Å²) >= 11 is 1.63. The van der Waals surface area contributed by atoms with Crippen molar-refractivity contribution in [3.05, 3.63) is 30.1 Å². The topological polar surface area (TPSA) is 94.0 Å². The van der Waals surface area contributed by atoms with E-state index in [0.29, 0.717) is 17.5 Å². The Morgan fingerprint density at radius 1 is 1.05 bits per heavy atom. The van der Waals surface area contributed by atoms with Crippen LogP contribution in [0.4, 0.5) is 17.6 Å². The number of nitrogens with zero attached hydrogens (tertiary/aromatic N) is 4. The second kappa shape index (κ2) is 5.75. The molecule has 0 aliphatic heterocycles. The number of rotatable bonds is 4. The molecule has 0 amide bonds. The van der Waals surface area contributed by atoms with E-state index < -0.39 is 0 Å². The zero-order valence-corrected chi connectivity index (χ0v) is 11.7. The SMILES string of the molecule is CN(C)c1nc(N)nc(CSc2ccc(N)cc2)n1. The summed E-state index contributed by atoms with van der Waals surface area (Å²) in [6.45, 7) is 0. The van der Waals surface area contributed by atoms with Gasteiger partial charge >= 0.3 is 0 Å². The van der Waals surface area contributed by atoms with E-state index in [1.165, 1.54) is 0 Å². The van der Waals surface area contributed by atoms with Crippen molar-refractivity contribution in [2.45, 2.75) is 10.6 Å². The van der Waals surface area contributed by atoms with Gasteiger partial charge < -0.3 is 16.4 Å². The molecule has 1 heterocycles. The van der Waals surface area contributed by atoms with Gasteiger partial charge in [0.2, 0.25) is 11.9 Å². The van der Waals surface area contributed by atoms with E-state index in [-0.39, 0.29) is 5.95 Å². The Hall–Kier alpha value is -2.02. The van der Waals surface area contributed by atoms with Crippen molar-refractivity contribution >= 4 is 29.3 Å². The van der Waals surface area contributed by atoms with Gasteiger partial charge in [0.05, 0.1) is 5.75 Å². The van der Waals surface area contributed by atoms with Crippen LogP contribution < -0.4 is 16.4 Å². The van der Waals surface area contributed by atoms with Gasteiger partial charge in [-0.3, -0.25) is 0 Å². The minimum absolute atomic E-state index is 0.242. The van der Waals surface area contributed by atoms with Crippen LogP contribution in [0.3, 0.4) is 0 Å². The molecule has 1 aromatic carbocycles. The molecule has 2 aromatic rings. The third kappa shape index (κ3) is 3.72. The molecule has 0 atom stereocenters. The van der Waals surface area contributed by atoms with Crippen molar-refractivity contribution in [3.8, 4) is 0 Å². The first-order valence-electron chi connectivity index (χ1n) is 5.70. The van der Waals surface area contributed by atoms with Crippen LogP contribution in [0.1, 0.15) is 5.82 Å². The molecule has 0 saturated carbocycles. The zero-order valence-electron chi connectivity index (χ0n) is 10.9. The van der Waals surface area contributed by atoms with Crippen LogP contribution in [0.2, 0.25) is 0 Å². The minimum Gasteiger partial charge on any atom is -0.399 e. The van der Waals surface area contributed by atoms with Gasteiger partial charge in [-0.2, -0.15) is 15.0 Å². The number of aromatic nitrogens is 3. The number of thioether (sulfide) groups is 1. The van der Waals surface area contributed by atoms with E-state index in [1.54, 1.807) is 16.7 Å². The van der Waals surface area contributed by atoms with Crippen molar-refractivity contribution in [2.24, 2.45) is 0 Å². The summed E-state index contributed by atoms with van der Waals surface area (Å²) in [5, 5.41) is 0. The maximum absolute atomic E-state index is 5.67. The fourth-order valence-electron chi connectivity index (χ4n) is 1.40. The van der Waals surface area contributed by atoms with E-state index in [1.807, 2.05) is 38.4 Å². The van der Waals surface area contributed by atoms with Crippen LogP contribution in [0.25, 0.3) is 0 Å². The predicted molar refractivity (Wildman–Crippen MR) is 79.0 cm³/mol. The largest absolute Gasteiger partial charge is 0.399 e. The Balaban J connectivity index is 2.08. The predicted octanol–water partition coefficient (Wildman–Crippen LogP) is 1.39. The summed E-state index contributed by atoms with van der Waals surface area (Å²) in [4.78, 5) is 15.4. The molecule has 100 valence electrons. The van der Waals surface area contributed by atoms with Crippen molar-refractivity contribution < 1.29 is 0 Å². The van der Waals surface area contributed by atoms with Gasteiger partial charge in [-0.05, 0) is 24.3 Å². The maximum atomic E-state index is 5.67. The number of anilines is 3. The average molecular weight is 276 g/mol. The normalized spacial score (nSPS) is 10.4. The van der Waals surface area contributed by atoms with Crippen LogP contribution in [0, 0.1) is 0 Å². The summed E-state index contributed by atoms with van der Waals surface area (Å²) in [6.07, 6.45) is 0. The molecule has 0 unspecified atom stereocenters. The smallest absolute Gasteiger partial charge is 0.229 e. The number of nitrogens with two attached hydrogens (primary N) is 2. The first-order valence-corrected chi connectivity index (χ1v) is 6.69. The minimum atomic E-state index is 0.242. The van der Waals surface area contributed by atoms with Gasteiger partial charge in [0, 0.05) is 24.7 Å². The highest BCUT2D eigenvalue weighted by Gasteiger charge is 2.06. The molecule has 7 heteroatoms. The maximum Gasteiger partial charge on any atom is 0.229 e. The van der Waals surface area contributed by atoms with E-state index in [4.69, 9.17) is 11.5 Å². The van der Waals surface area contributed by atoms with Gasteiger partial charge in [0.15, 0.2) is 0 Å². The molecular formula is C12H16N6S. The lowest BCUT2D eigenvalue weighted by Gasteiger charge is -2.11. The first kappa shape index (κ1) is 13.4. The molecule has 0 spiro atoms. The van der Waals surface area contributed by atoms with Gasteiger partial charge in [0.1, 0.15) is 5.82 Å². The Kier molecular flexibility index (Phi) is 4.06. The van der Waals surface area contributed by atoms with E-state index in [2.05, 4.69) is 15.0 Å². The third-order valence-electron chi connectivity index (χ3n) is 2.34. The van der Waals surface area contributed by atoms with Gasteiger partial charge in [-0.25, -0.2) is 0 Å². The molecule has 0 fully saturated rings. The Morgan fingerprint density at radius 3 is 2.37 bits per heavy atom. The molecule has 0 saturated heterocycles. The van der Waals surface area contributed by atoms with Crippen LogP contribution in [0.15, 0.2) is 29.2 Å². The highest BCUT2D eigenvalue weighted by molar-refractivity contribution is 7.98. The first-order chi connectivity index (χ1) is 9.04. The summed E-state index contributed by atoms with van der Waals surface area (Å²) in [5.74, 6) is 2.11. The molecule has 0 aliphatic carbocycles. The standard InChI is InChI=1S/C12H16N6S/c1-18(2)12-16-10(15-11(14)17-12)7-19-9-5-3-8(13)4-6-9/h3-6H,7,13H2,1-2H3,(H2,14,15,16,17). The summed E-state index contributed by atoms with van der Waals surface area (Å²) in [6, 6.07) is 7.68. The molecule has 6 nitrogen and oxygen atoms in total. The molecule has 0 aliphatic rings. The number of hydrogen-bond donors (Lipinski definition) is 2. The van der Waals surface area contributed by atoms with Gasteiger partial charge in [-0.15, -0.1) is 11.8 Å². The molecule has 0 radical (unpaired) electrons. The van der Waals surface area contributed by atoms with E-state index in [9.17, 15) is 0 Å². The number of nitrogen functional groups attached to an aromatic ring is 2. The summed E-state index contributed by atoms with van der Waals surface area (Å²) in [5.41, 5.74) is 12.1. The van der Waals surface area contributed by atoms with Crippen molar-refractivity contribution in [3.63, 3.8) is 0 Å². The number of hydrogen-bond acceptors (Lipinski definition) is 7. The second-order valence-corrected chi connectivity index (χ2v) is 5.21. The highest BCUT2D eigenvalue weighted by Crippen LogP contribution is 2.22. The molecule has 1 aromatic heterocycles. The van der Waals surface area contributed by atoms with E-state index >= 15 is 0 Å². The average Bonchev–Trinajstić information content (AvgIpc) is 2.37. The van der Waals surface area contributed by atoms with Crippen LogP contribution in [-0.4, -0.2) is 29.0 Å². The van der Waals surface area contributed by atoms with Crippen LogP contribution in [0.5, 0.6) is 0 Å². The molecular weight excluding hydrogens is 260 g/mol. The highest BCUT2D eigenvalue weighted by atomic mass is 32.2. The van der Waals surface area contributed by atoms with Crippen molar-refractivity contribution in [1.29, 1.82) is 0 Å². The lowest BCUT2D eigenvalue weighted by atomic mass is 10.3. The molecule has 0 bridgehead atoms. The van der Waals surface area contributed by atoms with Gasteiger partial charge in [-0.1, -0.05) is 0 Å². The summed E-state index contributed by atoms with van der Waals surface area (Å²) in [7, 11) is 3.73. The lowest BCUT2D eigenvalue weighted by molar-refractivity contribution is 0.919. The third-order valence-corrected chi connectivity index (χ3v) is 3.34. The molecule has 19 heavy (non-hydrogen) atoms. The Labute approximate surface area is 116 Å². The van der Waals surface area contributed by atoms with Crippen LogP contribution >= 0.6 is 11.8 Å². The quantitative estimate of drug-likeness (QED) is 0.643.